The van der Waals surface area contributed by atoms with Crippen molar-refractivity contribution in [3.05, 3.63) is 27.7 Å². The van der Waals surface area contributed by atoms with Crippen LogP contribution in [0.2, 0.25) is 5.02 Å². The first-order valence-corrected chi connectivity index (χ1v) is 6.80. The van der Waals surface area contributed by atoms with E-state index in [-0.39, 0.29) is 18.5 Å². The lowest BCUT2D eigenvalue weighted by molar-refractivity contribution is -0.137. The number of carbonyl (C=O) groups is 2. The van der Waals surface area contributed by atoms with Crippen LogP contribution in [-0.2, 0) is 4.79 Å². The van der Waals surface area contributed by atoms with Gasteiger partial charge in [0.2, 0.25) is 0 Å². The fourth-order valence-electron chi connectivity index (χ4n) is 1.39. The van der Waals surface area contributed by atoms with Crippen LogP contribution in [0.1, 0.15) is 19.8 Å². The van der Waals surface area contributed by atoms with Crippen molar-refractivity contribution in [2.45, 2.75) is 25.8 Å². The van der Waals surface area contributed by atoms with Crippen molar-refractivity contribution in [3.8, 4) is 0 Å². The van der Waals surface area contributed by atoms with E-state index < -0.39 is 5.97 Å². The van der Waals surface area contributed by atoms with Crippen LogP contribution in [0.3, 0.4) is 0 Å². The number of nitrogens with one attached hydrogen (secondary N) is 2. The van der Waals surface area contributed by atoms with Crippen LogP contribution in [-0.4, -0.2) is 23.1 Å². The Morgan fingerprint density at radius 2 is 2.16 bits per heavy atom. The van der Waals surface area contributed by atoms with Crippen molar-refractivity contribution < 1.29 is 14.7 Å². The zero-order valence-electron chi connectivity index (χ0n) is 10.2. The van der Waals surface area contributed by atoms with Crippen LogP contribution in [0.5, 0.6) is 0 Å². The van der Waals surface area contributed by atoms with Gasteiger partial charge < -0.3 is 15.7 Å². The molecule has 5 nitrogen and oxygen atoms in total. The lowest BCUT2D eigenvalue weighted by Crippen LogP contribution is -2.36. The molecule has 0 radical (unpaired) electrons. The zero-order chi connectivity index (χ0) is 14.4. The van der Waals surface area contributed by atoms with Crippen molar-refractivity contribution in [2.75, 3.05) is 5.32 Å². The maximum absolute atomic E-state index is 11.7. The molecule has 2 amide bonds. The first-order valence-electron chi connectivity index (χ1n) is 5.63. The van der Waals surface area contributed by atoms with Gasteiger partial charge in [0.05, 0.1) is 5.69 Å². The van der Waals surface area contributed by atoms with Gasteiger partial charge in [-0.1, -0.05) is 11.6 Å². The number of carbonyl (C=O) groups excluding carboxylic acids is 1. The maximum Gasteiger partial charge on any atom is 0.319 e. The van der Waals surface area contributed by atoms with Gasteiger partial charge in [-0.3, -0.25) is 4.79 Å². The third-order valence-corrected chi connectivity index (χ3v) is 3.24. The minimum absolute atomic E-state index is 0.0199. The Bertz CT molecular complexity index is 482. The number of urea groups is 1. The topological polar surface area (TPSA) is 78.4 Å². The summed E-state index contributed by atoms with van der Waals surface area (Å²) in [6.45, 7) is 1.75. The Kier molecular flexibility index (Phi) is 6.11. The fraction of sp³-hybridized carbons (Fsp3) is 0.333. The Balaban J connectivity index is 2.48. The number of benzene rings is 1. The molecule has 7 heteroatoms. The number of anilines is 1. The molecule has 0 fully saturated rings. The van der Waals surface area contributed by atoms with E-state index in [4.69, 9.17) is 16.7 Å². The summed E-state index contributed by atoms with van der Waals surface area (Å²) < 4.78 is 0.674. The number of halogens is 2. The summed E-state index contributed by atoms with van der Waals surface area (Å²) in [4.78, 5) is 22.1. The van der Waals surface area contributed by atoms with Crippen LogP contribution in [0.4, 0.5) is 10.5 Å². The normalized spacial score (nSPS) is 11.7. The molecule has 0 bridgehead atoms. The summed E-state index contributed by atoms with van der Waals surface area (Å²) in [5.41, 5.74) is 0.590. The van der Waals surface area contributed by atoms with E-state index in [1.807, 2.05) is 0 Å². The molecule has 0 saturated heterocycles. The van der Waals surface area contributed by atoms with Crippen molar-refractivity contribution in [2.24, 2.45) is 0 Å². The minimum atomic E-state index is -0.880. The number of carboxylic acids is 1. The molecule has 0 aliphatic rings. The molecule has 0 saturated carbocycles. The van der Waals surface area contributed by atoms with E-state index in [1.54, 1.807) is 25.1 Å². The highest BCUT2D eigenvalue weighted by Gasteiger charge is 2.10. The largest absolute Gasteiger partial charge is 0.481 e. The van der Waals surface area contributed by atoms with Gasteiger partial charge in [-0.05, 0) is 47.5 Å². The molecule has 0 aliphatic carbocycles. The molecule has 0 aromatic heterocycles. The molecule has 104 valence electrons. The summed E-state index contributed by atoms with van der Waals surface area (Å²) in [6.07, 6.45) is 0.399. The standard InChI is InChI=1S/C12H14BrClN2O3/c1-7(2-5-11(17)18)15-12(19)16-10-4-3-8(14)6-9(10)13/h3-4,6-7H,2,5H2,1H3,(H,17,18)(H2,15,16,19). The SMILES string of the molecule is CC(CCC(=O)O)NC(=O)Nc1ccc(Cl)cc1Br. The van der Waals surface area contributed by atoms with Gasteiger partial charge in [-0.15, -0.1) is 0 Å². The molecule has 1 aromatic carbocycles. The molecule has 1 unspecified atom stereocenters. The predicted molar refractivity (Wildman–Crippen MR) is 77.6 cm³/mol. The van der Waals surface area contributed by atoms with E-state index >= 15 is 0 Å². The highest BCUT2D eigenvalue weighted by molar-refractivity contribution is 9.10. The fourth-order valence-corrected chi connectivity index (χ4v) is 2.17. The smallest absolute Gasteiger partial charge is 0.319 e. The highest BCUT2D eigenvalue weighted by Crippen LogP contribution is 2.25. The molecule has 0 spiro atoms. The predicted octanol–water partition coefficient (Wildman–Crippen LogP) is 3.48. The molecule has 0 heterocycles. The van der Waals surface area contributed by atoms with Crippen molar-refractivity contribution in [1.82, 2.24) is 5.32 Å². The molecule has 19 heavy (non-hydrogen) atoms. The lowest BCUT2D eigenvalue weighted by atomic mass is 10.2. The number of aliphatic carboxylic acids is 1. The lowest BCUT2D eigenvalue weighted by Gasteiger charge is -2.14. The third-order valence-electron chi connectivity index (χ3n) is 2.35. The van der Waals surface area contributed by atoms with E-state index in [9.17, 15) is 9.59 Å². The molecular weight excluding hydrogens is 336 g/mol. The van der Waals surface area contributed by atoms with Crippen LogP contribution < -0.4 is 10.6 Å². The van der Waals surface area contributed by atoms with E-state index in [0.29, 0.717) is 21.6 Å². The van der Waals surface area contributed by atoms with Gasteiger partial charge >= 0.3 is 12.0 Å². The second kappa shape index (κ2) is 7.35. The van der Waals surface area contributed by atoms with Gasteiger partial charge in [0, 0.05) is 22.0 Å². The number of carboxylic acid groups (broad SMARTS) is 1. The van der Waals surface area contributed by atoms with Crippen LogP contribution in [0.25, 0.3) is 0 Å². The molecule has 0 aliphatic heterocycles. The first kappa shape index (κ1) is 15.8. The summed E-state index contributed by atoms with van der Waals surface area (Å²) >= 11 is 9.08. The summed E-state index contributed by atoms with van der Waals surface area (Å²) in [5.74, 6) is -0.880. The van der Waals surface area contributed by atoms with E-state index in [2.05, 4.69) is 26.6 Å². The van der Waals surface area contributed by atoms with Crippen LogP contribution >= 0.6 is 27.5 Å². The highest BCUT2D eigenvalue weighted by atomic mass is 79.9. The Hall–Kier alpha value is -1.27. The second-order valence-corrected chi connectivity index (χ2v) is 5.35. The number of hydrogen-bond acceptors (Lipinski definition) is 2. The Morgan fingerprint density at radius 1 is 1.47 bits per heavy atom. The minimum Gasteiger partial charge on any atom is -0.481 e. The maximum atomic E-state index is 11.7. The monoisotopic (exact) mass is 348 g/mol. The average molecular weight is 350 g/mol. The van der Waals surface area contributed by atoms with Crippen LogP contribution in [0, 0.1) is 0 Å². The van der Waals surface area contributed by atoms with Gasteiger partial charge in [-0.25, -0.2) is 4.79 Å². The molecule has 1 aromatic rings. The Morgan fingerprint density at radius 3 is 2.74 bits per heavy atom. The average Bonchev–Trinajstić information content (AvgIpc) is 2.30. The molecule has 1 atom stereocenters. The van der Waals surface area contributed by atoms with Gasteiger partial charge in [0.15, 0.2) is 0 Å². The summed E-state index contributed by atoms with van der Waals surface area (Å²) in [5, 5.41) is 14.4. The van der Waals surface area contributed by atoms with Gasteiger partial charge in [0.25, 0.3) is 0 Å². The zero-order valence-corrected chi connectivity index (χ0v) is 12.6. The van der Waals surface area contributed by atoms with Gasteiger partial charge in [0.1, 0.15) is 0 Å². The quantitative estimate of drug-likeness (QED) is 0.761. The number of hydrogen-bond donors (Lipinski definition) is 3. The summed E-state index contributed by atoms with van der Waals surface area (Å²) in [6, 6.07) is 4.40. The molecule has 1 rings (SSSR count). The van der Waals surface area contributed by atoms with Crippen molar-refractivity contribution in [1.29, 1.82) is 0 Å². The van der Waals surface area contributed by atoms with Crippen LogP contribution in [0.15, 0.2) is 22.7 Å². The second-order valence-electron chi connectivity index (χ2n) is 4.06. The van der Waals surface area contributed by atoms with Crippen molar-refractivity contribution >= 4 is 45.2 Å². The van der Waals surface area contributed by atoms with Crippen molar-refractivity contribution in [3.63, 3.8) is 0 Å². The number of rotatable bonds is 5. The molecular formula is C12H14BrClN2O3. The van der Waals surface area contributed by atoms with Gasteiger partial charge in [-0.2, -0.15) is 0 Å². The molecule has 3 N–H and O–H groups in total. The summed E-state index contributed by atoms with van der Waals surface area (Å²) in [7, 11) is 0. The Labute approximate surface area is 124 Å². The number of amides is 2. The first-order chi connectivity index (χ1) is 8.88. The van der Waals surface area contributed by atoms with E-state index in [1.165, 1.54) is 0 Å². The van der Waals surface area contributed by atoms with E-state index in [0.717, 1.165) is 0 Å². The third kappa shape index (κ3) is 5.94.